The van der Waals surface area contributed by atoms with Crippen molar-refractivity contribution in [1.82, 2.24) is 29.8 Å². The normalized spacial score (nSPS) is 11.4. The van der Waals surface area contributed by atoms with Crippen LogP contribution in [0.25, 0.3) is 33.4 Å². The van der Waals surface area contributed by atoms with Crippen LogP contribution >= 0.6 is 0 Å². The molecule has 0 bridgehead atoms. The molecule has 0 atom stereocenters. The molecule has 0 unspecified atom stereocenters. The van der Waals surface area contributed by atoms with E-state index in [-0.39, 0.29) is 11.3 Å². The number of allylic oxidation sites excluding steroid dienone is 1. The van der Waals surface area contributed by atoms with Gasteiger partial charge in [0.2, 0.25) is 0 Å². The van der Waals surface area contributed by atoms with Crippen molar-refractivity contribution in [2.75, 3.05) is 0 Å². The van der Waals surface area contributed by atoms with Crippen molar-refractivity contribution in [2.45, 2.75) is 38.3 Å². The van der Waals surface area contributed by atoms with Gasteiger partial charge in [0.25, 0.3) is 5.56 Å². The lowest BCUT2D eigenvalue weighted by molar-refractivity contribution is 0.104. The fourth-order valence-electron chi connectivity index (χ4n) is 7.61. The summed E-state index contributed by atoms with van der Waals surface area (Å²) < 4.78 is 3.69. The highest BCUT2D eigenvalue weighted by atomic mass is 16.1. The molecule has 0 radical (unpaired) electrons. The van der Waals surface area contributed by atoms with E-state index in [1.165, 1.54) is 6.08 Å². The first kappa shape index (κ1) is 35.9. The minimum Gasteiger partial charge on any atom is -0.292 e. The second kappa shape index (κ2) is 15.7. The van der Waals surface area contributed by atoms with Gasteiger partial charge in [-0.25, -0.2) is 9.67 Å². The van der Waals surface area contributed by atoms with Gasteiger partial charge in [-0.05, 0) is 74.5 Å². The van der Waals surface area contributed by atoms with E-state index in [0.29, 0.717) is 35.3 Å². The molecule has 0 saturated heterocycles. The molecule has 0 amide bonds. The van der Waals surface area contributed by atoms with E-state index in [4.69, 9.17) is 15.3 Å². The van der Waals surface area contributed by atoms with Crippen LogP contribution in [0.1, 0.15) is 58.2 Å². The van der Waals surface area contributed by atoms with Crippen LogP contribution in [0.15, 0.2) is 175 Å². The summed E-state index contributed by atoms with van der Waals surface area (Å²) in [5.41, 5.74) is 6.78. The molecule has 0 aliphatic carbocycles. The molecule has 2 heterocycles. The van der Waals surface area contributed by atoms with Crippen LogP contribution in [0.4, 0.5) is 0 Å². The zero-order chi connectivity index (χ0) is 38.5. The van der Waals surface area contributed by atoms with E-state index in [2.05, 4.69) is 91.5 Å². The minimum absolute atomic E-state index is 0.167. The van der Waals surface area contributed by atoms with Crippen molar-refractivity contribution in [3.63, 3.8) is 0 Å². The molecule has 0 fully saturated rings. The molecule has 274 valence electrons. The second-order valence-corrected chi connectivity index (χ2v) is 13.8. The Hall–Kier alpha value is -7.06. The summed E-state index contributed by atoms with van der Waals surface area (Å²) in [6.07, 6.45) is 3.81. The van der Waals surface area contributed by atoms with Crippen LogP contribution in [0.2, 0.25) is 0 Å². The molecule has 56 heavy (non-hydrogen) atoms. The first-order valence-electron chi connectivity index (χ1n) is 18.9. The van der Waals surface area contributed by atoms with Gasteiger partial charge in [0, 0.05) is 17.5 Å². The quantitative estimate of drug-likeness (QED) is 0.0666. The molecule has 0 aliphatic heterocycles. The van der Waals surface area contributed by atoms with E-state index in [0.717, 1.165) is 57.6 Å². The minimum atomic E-state index is -0.893. The van der Waals surface area contributed by atoms with Crippen LogP contribution in [-0.4, -0.2) is 35.5 Å². The lowest BCUT2D eigenvalue weighted by Crippen LogP contribution is -2.39. The third kappa shape index (κ3) is 6.55. The zero-order valence-electron chi connectivity index (χ0n) is 31.1. The summed E-state index contributed by atoms with van der Waals surface area (Å²) >= 11 is 0. The molecule has 6 aromatic carbocycles. The lowest BCUT2D eigenvalue weighted by atomic mass is 9.77. The molecule has 0 saturated carbocycles. The summed E-state index contributed by atoms with van der Waals surface area (Å²) in [6, 6.07) is 52.6. The number of ketones is 1. The number of benzene rings is 6. The Bertz CT molecular complexity index is 2610. The maximum absolute atomic E-state index is 14.0. The number of nitrogens with zero attached hydrogens (tertiary/aromatic N) is 6. The number of carbonyl (C=O) groups excluding carboxylic acids is 1. The van der Waals surface area contributed by atoms with Gasteiger partial charge in [0.05, 0.1) is 17.4 Å². The predicted octanol–water partition coefficient (Wildman–Crippen LogP) is 9.32. The largest absolute Gasteiger partial charge is 0.292 e. The predicted molar refractivity (Wildman–Crippen MR) is 222 cm³/mol. The molecule has 0 spiro atoms. The Balaban J connectivity index is 1.22. The van der Waals surface area contributed by atoms with Crippen LogP contribution in [0.5, 0.6) is 0 Å². The Kier molecular flexibility index (Phi) is 10.1. The zero-order valence-corrected chi connectivity index (χ0v) is 31.1. The smallest absolute Gasteiger partial charge is 0.261 e. The third-order valence-corrected chi connectivity index (χ3v) is 10.4. The summed E-state index contributed by atoms with van der Waals surface area (Å²) in [5, 5.41) is 14.2. The van der Waals surface area contributed by atoms with Crippen molar-refractivity contribution >= 4 is 16.7 Å². The van der Waals surface area contributed by atoms with Gasteiger partial charge in [-0.15, -0.1) is 5.10 Å². The van der Waals surface area contributed by atoms with Gasteiger partial charge < -0.3 is 0 Å². The van der Waals surface area contributed by atoms with Crippen molar-refractivity contribution in [1.29, 1.82) is 0 Å². The first-order valence-corrected chi connectivity index (χ1v) is 18.9. The van der Waals surface area contributed by atoms with Gasteiger partial charge in [-0.3, -0.25) is 14.2 Å². The van der Waals surface area contributed by atoms with E-state index in [1.807, 2.05) is 71.4 Å². The number of aromatic nitrogens is 6. The molecular weight excluding hydrogens is 693 g/mol. The van der Waals surface area contributed by atoms with Gasteiger partial charge in [0.1, 0.15) is 11.4 Å². The summed E-state index contributed by atoms with van der Waals surface area (Å²) in [7, 11) is 0. The number of carbonyl (C=O) groups is 1. The number of hydrogen-bond acceptors (Lipinski definition) is 6. The maximum atomic E-state index is 14.0. The highest BCUT2D eigenvalue weighted by Gasteiger charge is 2.42. The average Bonchev–Trinajstić information content (AvgIpc) is 3.75. The number of unbranched alkanes of at least 4 members (excludes halogenated alkanes) is 1. The SMILES string of the molecule is C=CC(=O)c1ccc2nc(CCCC)n(Cc3ccc(-c4ccccc4-c4nnnn4C(c4ccccc4)(c4ccccc4)c4ccccc4)cc3)c(=O)c2c1. The Morgan fingerprint density at radius 3 is 1.91 bits per heavy atom. The number of fused-ring (bicyclic) bond motifs is 1. The van der Waals surface area contributed by atoms with Crippen LogP contribution in [-0.2, 0) is 18.5 Å². The highest BCUT2D eigenvalue weighted by molar-refractivity contribution is 6.06. The summed E-state index contributed by atoms with van der Waals surface area (Å²) in [6.45, 7) is 6.07. The molecule has 0 N–H and O–H groups in total. The summed E-state index contributed by atoms with van der Waals surface area (Å²) in [5.74, 6) is 1.11. The number of tetrazole rings is 1. The van der Waals surface area contributed by atoms with Crippen LogP contribution in [0, 0.1) is 0 Å². The Morgan fingerprint density at radius 2 is 1.32 bits per heavy atom. The second-order valence-electron chi connectivity index (χ2n) is 13.8. The molecule has 8 nitrogen and oxygen atoms in total. The van der Waals surface area contributed by atoms with Gasteiger partial charge in [-0.1, -0.05) is 159 Å². The third-order valence-electron chi connectivity index (χ3n) is 10.4. The molecule has 8 aromatic rings. The fraction of sp³-hybridized carbons (Fsp3) is 0.125. The molecule has 0 aliphatic rings. The van der Waals surface area contributed by atoms with Gasteiger partial charge in [-0.2, -0.15) is 0 Å². The monoisotopic (exact) mass is 732 g/mol. The van der Waals surface area contributed by atoms with Gasteiger partial charge >= 0.3 is 0 Å². The van der Waals surface area contributed by atoms with Crippen molar-refractivity contribution in [3.05, 3.63) is 214 Å². The number of hydrogen-bond donors (Lipinski definition) is 0. The molecular formula is C48H40N6O2. The number of aryl methyl sites for hydroxylation is 1. The molecule has 8 heteroatoms. The van der Waals surface area contributed by atoms with Crippen LogP contribution < -0.4 is 5.56 Å². The fourth-order valence-corrected chi connectivity index (χ4v) is 7.61. The van der Waals surface area contributed by atoms with E-state index < -0.39 is 5.54 Å². The number of rotatable bonds is 13. The molecule has 8 rings (SSSR count). The van der Waals surface area contributed by atoms with Gasteiger partial charge in [0.15, 0.2) is 11.6 Å². The average molecular weight is 733 g/mol. The van der Waals surface area contributed by atoms with Crippen molar-refractivity contribution in [3.8, 4) is 22.5 Å². The highest BCUT2D eigenvalue weighted by Crippen LogP contribution is 2.43. The van der Waals surface area contributed by atoms with Crippen molar-refractivity contribution < 1.29 is 4.79 Å². The van der Waals surface area contributed by atoms with E-state index in [1.54, 1.807) is 22.8 Å². The van der Waals surface area contributed by atoms with E-state index >= 15 is 0 Å². The Morgan fingerprint density at radius 1 is 0.732 bits per heavy atom. The van der Waals surface area contributed by atoms with Crippen molar-refractivity contribution in [2.24, 2.45) is 0 Å². The lowest BCUT2D eigenvalue weighted by Gasteiger charge is -2.36. The van der Waals surface area contributed by atoms with Crippen LogP contribution in [0.3, 0.4) is 0 Å². The Labute approximate surface area is 325 Å². The topological polar surface area (TPSA) is 95.6 Å². The molecule has 2 aromatic heterocycles. The standard InChI is InChI=1S/C48H40N6O2/c1-3-5-25-45-49-43-31-30-36(44(55)4-2)32-42(43)47(56)53(45)33-34-26-28-35(29-27-34)40-23-15-16-24-41(40)46-50-51-52-54(46)48(37-17-9-6-10-18-37,38-19-11-7-12-20-38)39-21-13-8-14-22-39/h4,6-24,26-32H,2-3,5,25,33H2,1H3. The van der Waals surface area contributed by atoms with E-state index in [9.17, 15) is 9.59 Å². The first-order chi connectivity index (χ1) is 27.5. The maximum Gasteiger partial charge on any atom is 0.261 e. The summed E-state index contributed by atoms with van der Waals surface area (Å²) in [4.78, 5) is 31.3.